The van der Waals surface area contributed by atoms with Gasteiger partial charge in [0.1, 0.15) is 18.0 Å². The van der Waals surface area contributed by atoms with Gasteiger partial charge in [-0.2, -0.15) is 0 Å². The lowest BCUT2D eigenvalue weighted by Crippen LogP contribution is -2.52. The van der Waals surface area contributed by atoms with Gasteiger partial charge in [-0.15, -0.1) is 10.2 Å². The molecule has 8 nitrogen and oxygen atoms in total. The number of ether oxygens (including phenoxy) is 1. The summed E-state index contributed by atoms with van der Waals surface area (Å²) in [7, 11) is 0. The molecule has 1 atom stereocenters. The van der Waals surface area contributed by atoms with E-state index >= 15 is 0 Å². The number of nitrogens with zero attached hydrogens (tertiary/aromatic N) is 5. The molecule has 1 aromatic rings. The smallest absolute Gasteiger partial charge is 0.411 e. The molecule has 2 heterocycles. The van der Waals surface area contributed by atoms with E-state index in [0.717, 1.165) is 18.7 Å². The number of rotatable bonds is 3. The quantitative estimate of drug-likeness (QED) is 0.834. The SMILES string of the molecule is C[C@@H](C(=O)N1CCn2cnnc2C1)N(C(=O)OC(C)(C)C)C1CC1. The van der Waals surface area contributed by atoms with E-state index in [4.69, 9.17) is 4.74 Å². The fraction of sp³-hybridized carbons (Fsp3) is 0.750. The second-order valence-electron chi connectivity index (χ2n) is 7.50. The third kappa shape index (κ3) is 3.52. The van der Waals surface area contributed by atoms with E-state index in [1.807, 2.05) is 25.3 Å². The Morgan fingerprint density at radius 1 is 1.33 bits per heavy atom. The van der Waals surface area contributed by atoms with E-state index in [9.17, 15) is 9.59 Å². The Balaban J connectivity index is 1.70. The standard InChI is InChI=1S/C16H25N5O3/c1-11(21(12-5-6-12)15(23)24-16(2,3)4)14(22)19-7-8-20-10-17-18-13(20)9-19/h10-12H,5-9H2,1-4H3/t11-/m0/s1. The van der Waals surface area contributed by atoms with Crippen LogP contribution in [0.5, 0.6) is 0 Å². The second kappa shape index (κ2) is 6.07. The number of amides is 2. The van der Waals surface area contributed by atoms with Crippen LogP contribution >= 0.6 is 0 Å². The highest BCUT2D eigenvalue weighted by Gasteiger charge is 2.42. The summed E-state index contributed by atoms with van der Waals surface area (Å²) >= 11 is 0. The molecule has 3 rings (SSSR count). The van der Waals surface area contributed by atoms with Crippen molar-refractivity contribution in [1.82, 2.24) is 24.6 Å². The van der Waals surface area contributed by atoms with E-state index in [1.165, 1.54) is 0 Å². The minimum atomic E-state index is -0.575. The normalized spacial score (nSPS) is 18.8. The summed E-state index contributed by atoms with van der Waals surface area (Å²) in [5, 5.41) is 7.91. The molecule has 0 saturated heterocycles. The van der Waals surface area contributed by atoms with Gasteiger partial charge in [0.25, 0.3) is 0 Å². The van der Waals surface area contributed by atoms with Gasteiger partial charge in [0.05, 0.1) is 6.54 Å². The van der Waals surface area contributed by atoms with Crippen LogP contribution in [0.3, 0.4) is 0 Å². The summed E-state index contributed by atoms with van der Waals surface area (Å²) in [6.45, 7) is 8.98. The molecule has 0 spiro atoms. The first-order valence-corrected chi connectivity index (χ1v) is 8.43. The Morgan fingerprint density at radius 2 is 2.04 bits per heavy atom. The zero-order valence-electron chi connectivity index (χ0n) is 14.7. The van der Waals surface area contributed by atoms with Crippen LogP contribution in [0.1, 0.15) is 46.4 Å². The number of hydrogen-bond donors (Lipinski definition) is 0. The fourth-order valence-corrected chi connectivity index (χ4v) is 2.93. The number of aromatic nitrogens is 3. The summed E-state index contributed by atoms with van der Waals surface area (Å²) < 4.78 is 7.44. The van der Waals surface area contributed by atoms with Crippen LogP contribution in [-0.2, 0) is 22.6 Å². The summed E-state index contributed by atoms with van der Waals surface area (Å²) in [5.74, 6) is 0.707. The molecule has 2 amide bonds. The van der Waals surface area contributed by atoms with Crippen molar-refractivity contribution in [3.63, 3.8) is 0 Å². The van der Waals surface area contributed by atoms with E-state index < -0.39 is 17.7 Å². The molecule has 0 aromatic carbocycles. The Hall–Kier alpha value is -2.12. The lowest BCUT2D eigenvalue weighted by Gasteiger charge is -2.35. The maximum absolute atomic E-state index is 12.9. The lowest BCUT2D eigenvalue weighted by molar-refractivity contribution is -0.138. The van der Waals surface area contributed by atoms with Crippen molar-refractivity contribution < 1.29 is 14.3 Å². The molecule has 0 unspecified atom stereocenters. The number of fused-ring (bicyclic) bond motifs is 1. The third-order valence-electron chi connectivity index (χ3n) is 4.27. The molecule has 2 aliphatic rings. The molecule has 132 valence electrons. The zero-order valence-corrected chi connectivity index (χ0v) is 14.7. The Kier molecular flexibility index (Phi) is 4.23. The van der Waals surface area contributed by atoms with Crippen molar-refractivity contribution >= 4 is 12.0 Å². The lowest BCUT2D eigenvalue weighted by atomic mass is 10.2. The van der Waals surface area contributed by atoms with Gasteiger partial charge in [-0.3, -0.25) is 9.69 Å². The average molecular weight is 335 g/mol. The third-order valence-corrected chi connectivity index (χ3v) is 4.27. The molecular weight excluding hydrogens is 310 g/mol. The first-order valence-electron chi connectivity index (χ1n) is 8.43. The van der Waals surface area contributed by atoms with Crippen LogP contribution in [0.25, 0.3) is 0 Å². The summed E-state index contributed by atoms with van der Waals surface area (Å²) in [5.41, 5.74) is -0.575. The first kappa shape index (κ1) is 16.7. The second-order valence-corrected chi connectivity index (χ2v) is 7.50. The van der Waals surface area contributed by atoms with Gasteiger partial charge in [-0.25, -0.2) is 4.79 Å². The largest absolute Gasteiger partial charge is 0.444 e. The minimum Gasteiger partial charge on any atom is -0.444 e. The number of hydrogen-bond acceptors (Lipinski definition) is 5. The van der Waals surface area contributed by atoms with E-state index in [1.54, 1.807) is 23.1 Å². The summed E-state index contributed by atoms with van der Waals surface area (Å²) in [6.07, 6.45) is 3.11. The van der Waals surface area contributed by atoms with Crippen LogP contribution in [0.2, 0.25) is 0 Å². The molecule has 0 N–H and O–H groups in total. The number of carbonyl (C=O) groups excluding carboxylic acids is 2. The first-order chi connectivity index (χ1) is 11.3. The Bertz CT molecular complexity index is 632. The van der Waals surface area contributed by atoms with Crippen molar-refractivity contribution in [2.75, 3.05) is 6.54 Å². The topological polar surface area (TPSA) is 80.6 Å². The molecule has 1 aliphatic heterocycles. The predicted molar refractivity (Wildman–Crippen MR) is 86.0 cm³/mol. The minimum absolute atomic E-state index is 0.0676. The van der Waals surface area contributed by atoms with Crippen molar-refractivity contribution in [2.24, 2.45) is 0 Å². The molecule has 1 fully saturated rings. The van der Waals surface area contributed by atoms with E-state index in [2.05, 4.69) is 10.2 Å². The highest BCUT2D eigenvalue weighted by atomic mass is 16.6. The molecule has 24 heavy (non-hydrogen) atoms. The molecule has 1 aliphatic carbocycles. The Morgan fingerprint density at radius 3 is 2.67 bits per heavy atom. The van der Waals surface area contributed by atoms with E-state index in [0.29, 0.717) is 19.6 Å². The van der Waals surface area contributed by atoms with Gasteiger partial charge >= 0.3 is 6.09 Å². The van der Waals surface area contributed by atoms with Crippen LogP contribution in [0.4, 0.5) is 4.79 Å². The summed E-state index contributed by atoms with van der Waals surface area (Å²) in [4.78, 5) is 28.8. The van der Waals surface area contributed by atoms with Crippen LogP contribution in [0, 0.1) is 0 Å². The van der Waals surface area contributed by atoms with Crippen LogP contribution in [-0.4, -0.2) is 60.8 Å². The van der Waals surface area contributed by atoms with Crippen molar-refractivity contribution in [3.8, 4) is 0 Å². The van der Waals surface area contributed by atoms with Crippen LogP contribution in [0.15, 0.2) is 6.33 Å². The molecular formula is C16H25N5O3. The highest BCUT2D eigenvalue weighted by molar-refractivity contribution is 5.85. The van der Waals surface area contributed by atoms with Crippen molar-refractivity contribution in [3.05, 3.63) is 12.2 Å². The average Bonchev–Trinajstić information content (AvgIpc) is 3.20. The van der Waals surface area contributed by atoms with Gasteiger partial charge < -0.3 is 14.2 Å². The molecule has 0 radical (unpaired) electrons. The van der Waals surface area contributed by atoms with Crippen molar-refractivity contribution in [2.45, 2.75) is 71.3 Å². The van der Waals surface area contributed by atoms with Gasteiger partial charge in [0.15, 0.2) is 5.82 Å². The molecule has 8 heteroatoms. The highest BCUT2D eigenvalue weighted by Crippen LogP contribution is 2.31. The van der Waals surface area contributed by atoms with Gasteiger partial charge in [0.2, 0.25) is 5.91 Å². The van der Waals surface area contributed by atoms with Gasteiger partial charge in [0, 0.05) is 19.1 Å². The van der Waals surface area contributed by atoms with E-state index in [-0.39, 0.29) is 11.9 Å². The summed E-state index contributed by atoms with van der Waals surface area (Å²) in [6, 6.07) is -0.436. The zero-order chi connectivity index (χ0) is 17.5. The van der Waals surface area contributed by atoms with Gasteiger partial charge in [-0.1, -0.05) is 0 Å². The van der Waals surface area contributed by atoms with Crippen molar-refractivity contribution in [1.29, 1.82) is 0 Å². The molecule has 1 aromatic heterocycles. The molecule has 1 saturated carbocycles. The monoisotopic (exact) mass is 335 g/mol. The molecule has 0 bridgehead atoms. The van der Waals surface area contributed by atoms with Crippen LogP contribution < -0.4 is 0 Å². The predicted octanol–water partition coefficient (Wildman–Crippen LogP) is 1.41. The maximum atomic E-state index is 12.9. The Labute approximate surface area is 141 Å². The number of carbonyl (C=O) groups is 2. The maximum Gasteiger partial charge on any atom is 0.411 e. The van der Waals surface area contributed by atoms with Gasteiger partial charge in [-0.05, 0) is 40.5 Å². The fourth-order valence-electron chi connectivity index (χ4n) is 2.93.